The van der Waals surface area contributed by atoms with E-state index in [4.69, 9.17) is 17.3 Å². The summed E-state index contributed by atoms with van der Waals surface area (Å²) in [7, 11) is 0. The lowest BCUT2D eigenvalue weighted by molar-refractivity contribution is -0.121. The van der Waals surface area contributed by atoms with Gasteiger partial charge in [-0.3, -0.25) is 4.79 Å². The van der Waals surface area contributed by atoms with Crippen molar-refractivity contribution in [3.05, 3.63) is 33.3 Å². The minimum atomic E-state index is -0.470. The van der Waals surface area contributed by atoms with Crippen LogP contribution in [0.2, 0.25) is 5.02 Å². The zero-order chi connectivity index (χ0) is 12.1. The molecule has 0 heterocycles. The number of halogens is 2. The maximum absolute atomic E-state index is 11.2. The molecule has 0 radical (unpaired) electrons. The Kier molecular flexibility index (Phi) is 5.25. The van der Waals surface area contributed by atoms with E-state index in [2.05, 4.69) is 21.2 Å². The Morgan fingerprint density at radius 1 is 1.62 bits per heavy atom. The molecule has 1 amide bonds. The van der Waals surface area contributed by atoms with E-state index in [0.29, 0.717) is 11.6 Å². The van der Waals surface area contributed by atoms with Gasteiger partial charge < -0.3 is 11.1 Å². The maximum Gasteiger partial charge on any atom is 0.236 e. The van der Waals surface area contributed by atoms with Crippen LogP contribution in [0, 0.1) is 0 Å². The van der Waals surface area contributed by atoms with Gasteiger partial charge >= 0.3 is 0 Å². The second-order valence-electron chi connectivity index (χ2n) is 3.57. The molecule has 1 atom stereocenters. The van der Waals surface area contributed by atoms with Gasteiger partial charge in [0.05, 0.1) is 6.04 Å². The Morgan fingerprint density at radius 3 is 2.94 bits per heavy atom. The van der Waals surface area contributed by atoms with Gasteiger partial charge in [-0.05, 0) is 37.1 Å². The van der Waals surface area contributed by atoms with Crippen LogP contribution in [0.3, 0.4) is 0 Å². The molecule has 16 heavy (non-hydrogen) atoms. The van der Waals surface area contributed by atoms with Crippen LogP contribution in [0.4, 0.5) is 0 Å². The molecule has 3 N–H and O–H groups in total. The highest BCUT2D eigenvalue weighted by Gasteiger charge is 2.06. The Morgan fingerprint density at radius 2 is 2.31 bits per heavy atom. The summed E-state index contributed by atoms with van der Waals surface area (Å²) in [4.78, 5) is 11.2. The van der Waals surface area contributed by atoms with E-state index in [9.17, 15) is 4.79 Å². The zero-order valence-electron chi connectivity index (χ0n) is 8.97. The van der Waals surface area contributed by atoms with Crippen molar-refractivity contribution in [2.75, 3.05) is 6.54 Å². The predicted molar refractivity (Wildman–Crippen MR) is 69.5 cm³/mol. The third kappa shape index (κ3) is 4.12. The van der Waals surface area contributed by atoms with E-state index in [1.54, 1.807) is 6.92 Å². The number of rotatable bonds is 4. The molecule has 0 saturated heterocycles. The predicted octanol–water partition coefficient (Wildman–Crippen LogP) is 2.11. The van der Waals surface area contributed by atoms with Gasteiger partial charge in [-0.25, -0.2) is 0 Å². The normalized spacial score (nSPS) is 12.2. The number of hydrogen-bond acceptors (Lipinski definition) is 2. The van der Waals surface area contributed by atoms with Crippen molar-refractivity contribution in [3.63, 3.8) is 0 Å². The molecule has 5 heteroatoms. The van der Waals surface area contributed by atoms with Gasteiger partial charge in [-0.1, -0.05) is 27.5 Å². The lowest BCUT2D eigenvalue weighted by Crippen LogP contribution is -2.39. The summed E-state index contributed by atoms with van der Waals surface area (Å²) in [5, 5.41) is 3.44. The van der Waals surface area contributed by atoms with E-state index in [0.717, 1.165) is 16.5 Å². The minimum Gasteiger partial charge on any atom is -0.354 e. The Hall–Kier alpha value is -0.580. The van der Waals surface area contributed by atoms with Crippen molar-refractivity contribution in [2.45, 2.75) is 19.4 Å². The number of benzene rings is 1. The second-order valence-corrected chi connectivity index (χ2v) is 4.86. The first-order chi connectivity index (χ1) is 7.50. The molecule has 0 aliphatic heterocycles. The standard InChI is InChI=1S/C11H14BrClN2O/c1-7(14)11(16)15-5-4-8-6-9(13)2-3-10(8)12/h2-3,6-7H,4-5,14H2,1H3,(H,15,16). The molecule has 1 rings (SSSR count). The third-order valence-corrected chi connectivity index (χ3v) is 3.12. The fourth-order valence-electron chi connectivity index (χ4n) is 1.22. The van der Waals surface area contributed by atoms with Gasteiger partial charge in [0.1, 0.15) is 0 Å². The second kappa shape index (κ2) is 6.23. The molecule has 0 aromatic heterocycles. The lowest BCUT2D eigenvalue weighted by atomic mass is 10.1. The molecule has 88 valence electrons. The first-order valence-electron chi connectivity index (χ1n) is 4.98. The summed E-state index contributed by atoms with van der Waals surface area (Å²) in [6.07, 6.45) is 0.722. The van der Waals surface area contributed by atoms with Crippen molar-refractivity contribution >= 4 is 33.4 Å². The summed E-state index contributed by atoms with van der Waals surface area (Å²) >= 11 is 9.31. The first kappa shape index (κ1) is 13.5. The topological polar surface area (TPSA) is 55.1 Å². The van der Waals surface area contributed by atoms with Crippen LogP contribution in [0.1, 0.15) is 12.5 Å². The Balaban J connectivity index is 2.49. The molecule has 1 unspecified atom stereocenters. The van der Waals surface area contributed by atoms with Gasteiger partial charge in [0, 0.05) is 16.0 Å². The molecule has 0 saturated carbocycles. The van der Waals surface area contributed by atoms with Crippen LogP contribution < -0.4 is 11.1 Å². The largest absolute Gasteiger partial charge is 0.354 e. The summed E-state index contributed by atoms with van der Waals surface area (Å²) < 4.78 is 0.993. The van der Waals surface area contributed by atoms with Crippen LogP contribution in [0.25, 0.3) is 0 Å². The highest BCUT2D eigenvalue weighted by Crippen LogP contribution is 2.21. The molecule has 0 bridgehead atoms. The molecule has 1 aromatic carbocycles. The quantitative estimate of drug-likeness (QED) is 0.895. The first-order valence-corrected chi connectivity index (χ1v) is 6.15. The van der Waals surface area contributed by atoms with Crippen LogP contribution in [-0.2, 0) is 11.2 Å². The number of nitrogens with two attached hydrogens (primary N) is 1. The molecule has 0 aliphatic carbocycles. The summed E-state index contributed by atoms with van der Waals surface area (Å²) in [6.45, 7) is 2.21. The van der Waals surface area contributed by atoms with Gasteiger partial charge in [0.15, 0.2) is 0 Å². The van der Waals surface area contributed by atoms with Crippen molar-refractivity contribution in [2.24, 2.45) is 5.73 Å². The molecular formula is C11H14BrClN2O. The van der Waals surface area contributed by atoms with Crippen LogP contribution in [-0.4, -0.2) is 18.5 Å². The number of amides is 1. The minimum absolute atomic E-state index is 0.141. The number of carbonyl (C=O) groups is 1. The molecule has 0 spiro atoms. The highest BCUT2D eigenvalue weighted by atomic mass is 79.9. The Bertz CT molecular complexity index is 382. The van der Waals surface area contributed by atoms with Crippen molar-refractivity contribution in [1.29, 1.82) is 0 Å². The lowest BCUT2D eigenvalue weighted by Gasteiger charge is -2.09. The monoisotopic (exact) mass is 304 g/mol. The molecule has 1 aromatic rings. The smallest absolute Gasteiger partial charge is 0.236 e. The zero-order valence-corrected chi connectivity index (χ0v) is 11.3. The number of carbonyl (C=O) groups excluding carboxylic acids is 1. The molecule has 3 nitrogen and oxygen atoms in total. The highest BCUT2D eigenvalue weighted by molar-refractivity contribution is 9.10. The van der Waals surface area contributed by atoms with Crippen molar-refractivity contribution in [3.8, 4) is 0 Å². The van der Waals surface area contributed by atoms with Gasteiger partial charge in [0.2, 0.25) is 5.91 Å². The maximum atomic E-state index is 11.2. The van der Waals surface area contributed by atoms with Crippen LogP contribution in [0.15, 0.2) is 22.7 Å². The average Bonchev–Trinajstić information content (AvgIpc) is 2.22. The van der Waals surface area contributed by atoms with Crippen molar-refractivity contribution < 1.29 is 4.79 Å². The van der Waals surface area contributed by atoms with E-state index in [1.807, 2.05) is 18.2 Å². The number of hydrogen-bond donors (Lipinski definition) is 2. The number of nitrogens with one attached hydrogen (secondary N) is 1. The van der Waals surface area contributed by atoms with Crippen LogP contribution >= 0.6 is 27.5 Å². The summed E-state index contributed by atoms with van der Waals surface area (Å²) in [5.41, 5.74) is 6.49. The molecular weight excluding hydrogens is 291 g/mol. The molecule has 0 aliphatic rings. The van der Waals surface area contributed by atoms with Gasteiger partial charge in [0.25, 0.3) is 0 Å². The fourth-order valence-corrected chi connectivity index (χ4v) is 1.86. The fraction of sp³-hybridized carbons (Fsp3) is 0.364. The Labute approximate surface area is 108 Å². The van der Waals surface area contributed by atoms with Crippen LogP contribution in [0.5, 0.6) is 0 Å². The molecule has 0 fully saturated rings. The third-order valence-electron chi connectivity index (χ3n) is 2.11. The SMILES string of the molecule is CC(N)C(=O)NCCc1cc(Cl)ccc1Br. The van der Waals surface area contributed by atoms with Crippen molar-refractivity contribution in [1.82, 2.24) is 5.32 Å². The van der Waals surface area contributed by atoms with Gasteiger partial charge in [-0.15, -0.1) is 0 Å². The van der Waals surface area contributed by atoms with E-state index < -0.39 is 6.04 Å². The van der Waals surface area contributed by atoms with Gasteiger partial charge in [-0.2, -0.15) is 0 Å². The summed E-state index contributed by atoms with van der Waals surface area (Å²) in [6, 6.07) is 5.12. The van der Waals surface area contributed by atoms with E-state index in [-0.39, 0.29) is 5.91 Å². The van der Waals surface area contributed by atoms with E-state index in [1.165, 1.54) is 0 Å². The van der Waals surface area contributed by atoms with E-state index >= 15 is 0 Å². The average molecular weight is 306 g/mol. The summed E-state index contributed by atoms with van der Waals surface area (Å²) in [5.74, 6) is -0.141.